The van der Waals surface area contributed by atoms with Gasteiger partial charge in [-0.05, 0) is 114 Å². The molecule has 110 heavy (non-hydrogen) atoms. The zero-order valence-corrected chi connectivity index (χ0v) is 78.8. The molecule has 0 spiro atoms. The molecule has 11 rings (SSSR count). The smallest absolute Gasteiger partial charge is 0.178 e. The number of H-pyrrole nitrogens is 1. The molecule has 5 aromatic carbocycles. The first-order valence-electron chi connectivity index (χ1n) is 42.0. The van der Waals surface area contributed by atoms with Gasteiger partial charge in [0.2, 0.25) is 0 Å². The number of aryl methyl sites for hydroxylation is 1. The highest BCUT2D eigenvalue weighted by Gasteiger charge is 2.59. The van der Waals surface area contributed by atoms with Gasteiger partial charge in [0, 0.05) is 91.3 Å². The lowest BCUT2D eigenvalue weighted by Gasteiger charge is -2.55. The lowest BCUT2D eigenvalue weighted by atomic mass is 9.52. The Morgan fingerprint density at radius 2 is 0.773 bits per heavy atom. The van der Waals surface area contributed by atoms with E-state index in [1.807, 2.05) is 0 Å². The number of nitrogens with one attached hydrogen (secondary N) is 5. The predicted molar refractivity (Wildman–Crippen MR) is 480 cm³/mol. The molecule has 5 N–H and O–H groups in total. The van der Waals surface area contributed by atoms with Gasteiger partial charge in [0.25, 0.3) is 0 Å². The highest BCUT2D eigenvalue weighted by Crippen LogP contribution is 2.60. The van der Waals surface area contributed by atoms with E-state index in [9.17, 15) is 0 Å². The van der Waals surface area contributed by atoms with Crippen LogP contribution < -0.4 is 26.0 Å². The van der Waals surface area contributed by atoms with Crippen LogP contribution in [0.25, 0.3) is 10.9 Å². The van der Waals surface area contributed by atoms with Crippen LogP contribution in [0.2, 0.25) is 0 Å². The van der Waals surface area contributed by atoms with Crippen LogP contribution in [0.3, 0.4) is 0 Å². The fraction of sp³-hybridized carbons (Fsp3) is 0.683. The van der Waals surface area contributed by atoms with Crippen molar-refractivity contribution in [3.63, 3.8) is 0 Å². The third kappa shape index (κ3) is 20.2. The number of fused-ring (bicyclic) bond motifs is 4. The van der Waals surface area contributed by atoms with Crippen LogP contribution in [0.1, 0.15) is 336 Å². The molecule has 0 unspecified atom stereocenters. The molecule has 0 amide bonds. The minimum Gasteiger partial charge on any atom is -0.486 e. The second-order valence-corrected chi connectivity index (χ2v) is 47.0. The lowest BCUT2D eigenvalue weighted by molar-refractivity contribution is -0.279. The standard InChI is InChI=1S/C17H26O.C16H25NO.C16H25N.C16H23N.C14H22.C11H24N2.C11H22O2/c1-15(2,3)17(16(4,5)6)12-11-13-9-7-8-10-14(13)18-17;1-14(2,3)16(15(4,5)6)12-9-7-8-10-13(12)17-11-18-16;1-14(2,3)16(15(4,5)6)11-17-13-10-8-7-9-12(13)16;1-15(2,3)13-11-9-7-8-10-12(11)17-14(13)16(4,5)6;1-13(2,3)11-9-7-8-10-12(11)14(4,5)6;1-9(2,3)11(10(4,5)6)7-12-8-13-11;1-9(2,3)11(10(4,5)6)12-7-8-13-11/h7-10H,11-12H2,1-6H3;7-10,17H,11H2,1-6H3;7-10,17H,11H2,1-6H3;7-10,17H,1-6H3;7-10H,1-6H3;12-13H,7-8H2,1-6H3;7-8H2,1-6H3. The Morgan fingerprint density at radius 3 is 1.15 bits per heavy atom. The number of aromatic amines is 1. The Kier molecular flexibility index (Phi) is 28.8. The van der Waals surface area contributed by atoms with Gasteiger partial charge in [0.05, 0.1) is 13.2 Å². The van der Waals surface area contributed by atoms with Gasteiger partial charge < -0.3 is 39.9 Å². The average Bonchev–Trinajstić information content (AvgIpc) is 1.02. The minimum absolute atomic E-state index is 0.0156. The van der Waals surface area contributed by atoms with Gasteiger partial charge in [0.15, 0.2) is 5.79 Å². The van der Waals surface area contributed by atoms with Crippen molar-refractivity contribution in [1.82, 2.24) is 15.6 Å². The van der Waals surface area contributed by atoms with E-state index in [-0.39, 0.29) is 98.0 Å². The first-order valence-corrected chi connectivity index (χ1v) is 42.0. The van der Waals surface area contributed by atoms with Crippen molar-refractivity contribution in [2.45, 2.75) is 353 Å². The molecule has 2 fully saturated rings. The molecule has 5 aliphatic rings. The summed E-state index contributed by atoms with van der Waals surface area (Å²) in [7, 11) is 0. The summed E-state index contributed by atoms with van der Waals surface area (Å²) in [6.45, 7) is 101. The first kappa shape index (κ1) is 95.4. The third-order valence-corrected chi connectivity index (χ3v) is 24.8. The van der Waals surface area contributed by atoms with Gasteiger partial charge in [-0.25, -0.2) is 0 Å². The third-order valence-electron chi connectivity index (χ3n) is 24.8. The SMILES string of the molecule is CC(C)(C)C1(C(C)(C)C)CCc2ccccc2O1.CC(C)(C)C1(C(C)(C)C)CNCN1.CC(C)(C)C1(C(C)(C)C)CNc2ccccc21.CC(C)(C)C1(C(C)(C)C)OCCO1.CC(C)(C)C1(C(C)(C)C)OCNc2ccccc21.CC(C)(C)c1[nH]c2ccccc2c1C(C)(C)C.CC(C)(C)c1ccccc1C(C)(C)C. The second-order valence-electron chi connectivity index (χ2n) is 47.0. The second kappa shape index (κ2) is 33.2. The summed E-state index contributed by atoms with van der Waals surface area (Å²) in [6, 6.07) is 43.1. The Hall–Kier alpha value is -5.16. The average molecular weight is 1520 g/mol. The molecule has 5 aliphatic heterocycles. The molecule has 0 aliphatic carbocycles. The number of anilines is 2. The van der Waals surface area contributed by atoms with Gasteiger partial charge in [-0.1, -0.05) is 388 Å². The molecule has 620 valence electrons. The molecular weight excluding hydrogens is 1350 g/mol. The van der Waals surface area contributed by atoms with Crippen LogP contribution in [0, 0.1) is 54.1 Å². The first-order chi connectivity index (χ1) is 49.4. The zero-order chi connectivity index (χ0) is 84.6. The van der Waals surface area contributed by atoms with E-state index in [4.69, 9.17) is 18.9 Å². The van der Waals surface area contributed by atoms with Gasteiger partial charge in [0.1, 0.15) is 23.7 Å². The maximum Gasteiger partial charge on any atom is 0.178 e. The zero-order valence-electron chi connectivity index (χ0n) is 78.8. The highest BCUT2D eigenvalue weighted by atomic mass is 16.7. The van der Waals surface area contributed by atoms with Crippen molar-refractivity contribution in [3.8, 4) is 5.75 Å². The summed E-state index contributed by atoms with van der Waals surface area (Å²) in [5.74, 6) is 0.647. The Labute approximate surface area is 676 Å². The number of para-hydroxylation sites is 4. The van der Waals surface area contributed by atoms with Crippen molar-refractivity contribution in [3.05, 3.63) is 160 Å². The molecule has 0 saturated carbocycles. The summed E-state index contributed by atoms with van der Waals surface area (Å²) in [4.78, 5) is 3.61. The molecule has 0 bridgehead atoms. The van der Waals surface area contributed by atoms with Crippen molar-refractivity contribution in [1.29, 1.82) is 0 Å². The lowest BCUT2D eigenvalue weighted by Crippen LogP contribution is -2.61. The Balaban J connectivity index is 0.000000231. The summed E-state index contributed by atoms with van der Waals surface area (Å²) in [5.41, 5.74) is 15.9. The van der Waals surface area contributed by atoms with Crippen LogP contribution in [0.5, 0.6) is 5.75 Å². The minimum atomic E-state index is -0.431. The van der Waals surface area contributed by atoms with E-state index >= 15 is 0 Å². The molecule has 9 heteroatoms. The summed E-state index contributed by atoms with van der Waals surface area (Å²) >= 11 is 0. The number of aromatic nitrogens is 1. The van der Waals surface area contributed by atoms with Gasteiger partial charge >= 0.3 is 0 Å². The molecule has 2 saturated heterocycles. The highest BCUT2D eigenvalue weighted by molar-refractivity contribution is 5.86. The quantitative estimate of drug-likeness (QED) is 0.103. The molecular formula is C101H167N5O4. The number of ether oxygens (including phenoxy) is 4. The van der Waals surface area contributed by atoms with Crippen LogP contribution in [0.4, 0.5) is 11.4 Å². The topological polar surface area (TPSA) is 101 Å². The molecule has 1 aromatic heterocycles. The van der Waals surface area contributed by atoms with Gasteiger partial charge in [-0.2, -0.15) is 0 Å². The summed E-state index contributed by atoms with van der Waals surface area (Å²) < 4.78 is 24.6. The number of benzene rings is 5. The molecule has 0 atom stereocenters. The summed E-state index contributed by atoms with van der Waals surface area (Å²) in [5, 5.41) is 15.4. The fourth-order valence-corrected chi connectivity index (χ4v) is 20.3. The summed E-state index contributed by atoms with van der Waals surface area (Å²) in [6.07, 6.45) is 2.21. The van der Waals surface area contributed by atoms with Gasteiger partial charge in [-0.15, -0.1) is 0 Å². The van der Waals surface area contributed by atoms with Crippen molar-refractivity contribution in [2.75, 3.05) is 50.3 Å². The number of hydrogen-bond acceptors (Lipinski definition) is 8. The number of hydrogen-bond donors (Lipinski definition) is 5. The van der Waals surface area contributed by atoms with Crippen molar-refractivity contribution < 1.29 is 18.9 Å². The molecule has 6 heterocycles. The fourth-order valence-electron chi connectivity index (χ4n) is 20.3. The van der Waals surface area contributed by atoms with E-state index in [2.05, 4.69) is 438 Å². The van der Waals surface area contributed by atoms with Crippen LogP contribution in [0.15, 0.2) is 121 Å². The number of rotatable bonds is 0. The van der Waals surface area contributed by atoms with Gasteiger partial charge in [-0.3, -0.25) is 5.32 Å². The van der Waals surface area contributed by atoms with Crippen LogP contribution in [-0.4, -0.2) is 61.6 Å². The normalized spacial score (nSPS) is 18.4. The molecule has 0 radical (unpaired) electrons. The van der Waals surface area contributed by atoms with E-state index in [0.29, 0.717) is 19.9 Å². The van der Waals surface area contributed by atoms with Crippen LogP contribution >= 0.6 is 0 Å². The van der Waals surface area contributed by atoms with E-state index in [0.717, 1.165) is 38.3 Å². The van der Waals surface area contributed by atoms with E-state index in [1.165, 1.54) is 61.4 Å². The monoisotopic (exact) mass is 1510 g/mol. The van der Waals surface area contributed by atoms with Crippen LogP contribution in [-0.2, 0) is 53.3 Å². The van der Waals surface area contributed by atoms with Crippen molar-refractivity contribution in [2.24, 2.45) is 54.1 Å². The predicted octanol–water partition coefficient (Wildman–Crippen LogP) is 27.5. The maximum absolute atomic E-state index is 6.55. The van der Waals surface area contributed by atoms with E-state index in [1.54, 1.807) is 0 Å². The van der Waals surface area contributed by atoms with Crippen molar-refractivity contribution >= 4 is 22.3 Å². The Bertz CT molecular complexity index is 3750. The largest absolute Gasteiger partial charge is 0.486 e. The molecule has 6 aromatic rings. The molecule has 9 nitrogen and oxygen atoms in total. The van der Waals surface area contributed by atoms with E-state index < -0.39 is 5.79 Å². The Morgan fingerprint density at radius 1 is 0.355 bits per heavy atom. The maximum atomic E-state index is 6.55.